The van der Waals surface area contributed by atoms with Crippen LogP contribution in [0.1, 0.15) is 24.1 Å². The second-order valence-electron chi connectivity index (χ2n) is 8.70. The van der Waals surface area contributed by atoms with Crippen LogP contribution in [0.15, 0.2) is 42.6 Å². The van der Waals surface area contributed by atoms with Gasteiger partial charge in [0.15, 0.2) is 0 Å². The zero-order valence-corrected chi connectivity index (χ0v) is 20.0. The number of hydrogen-bond donors (Lipinski definition) is 1. The van der Waals surface area contributed by atoms with E-state index >= 15 is 0 Å². The minimum absolute atomic E-state index is 0.161. The quantitative estimate of drug-likeness (QED) is 0.473. The van der Waals surface area contributed by atoms with Crippen LogP contribution in [-0.2, 0) is 4.74 Å². The number of aromatic nitrogens is 1. The second kappa shape index (κ2) is 9.39. The fraction of sp³-hybridized carbons (Fsp3) is 0.346. The first-order chi connectivity index (χ1) is 16.5. The van der Waals surface area contributed by atoms with E-state index in [0.717, 1.165) is 72.3 Å². The van der Waals surface area contributed by atoms with Gasteiger partial charge in [0, 0.05) is 49.2 Å². The first-order valence-corrected chi connectivity index (χ1v) is 11.9. The Morgan fingerprint density at radius 3 is 2.65 bits per heavy atom. The van der Waals surface area contributed by atoms with Crippen LogP contribution in [0, 0.1) is 18.6 Å². The summed E-state index contributed by atoms with van der Waals surface area (Å²) >= 11 is 6.21. The monoisotopic (exact) mass is 484 g/mol. The van der Waals surface area contributed by atoms with Crippen molar-refractivity contribution in [1.82, 2.24) is 4.98 Å². The smallest absolute Gasteiger partial charge is 0.149 e. The minimum atomic E-state index is -0.621. The van der Waals surface area contributed by atoms with Gasteiger partial charge in [-0.25, -0.2) is 13.8 Å². The van der Waals surface area contributed by atoms with E-state index < -0.39 is 17.7 Å². The lowest BCUT2D eigenvalue weighted by Crippen LogP contribution is -2.37. The molecule has 34 heavy (non-hydrogen) atoms. The van der Waals surface area contributed by atoms with Crippen LogP contribution in [0.25, 0.3) is 11.1 Å². The molecule has 1 N–H and O–H groups in total. The first-order valence-electron chi connectivity index (χ1n) is 11.5. The number of benzene rings is 2. The van der Waals surface area contributed by atoms with E-state index in [2.05, 4.69) is 39.4 Å². The molecule has 8 heteroatoms. The Morgan fingerprint density at radius 1 is 1.09 bits per heavy atom. The van der Waals surface area contributed by atoms with Gasteiger partial charge in [-0.15, -0.1) is 0 Å². The molecule has 0 amide bonds. The maximum absolute atomic E-state index is 14.8. The van der Waals surface area contributed by atoms with Crippen molar-refractivity contribution in [2.45, 2.75) is 19.9 Å². The summed E-state index contributed by atoms with van der Waals surface area (Å²) in [6, 6.07) is 10.1. The number of fused-ring (bicyclic) bond motifs is 1. The minimum Gasteiger partial charge on any atom is -0.378 e. The maximum Gasteiger partial charge on any atom is 0.149 e. The van der Waals surface area contributed by atoms with Gasteiger partial charge in [-0.05, 0) is 49.2 Å². The van der Waals surface area contributed by atoms with Crippen LogP contribution in [-0.4, -0.2) is 44.4 Å². The predicted octanol–water partition coefficient (Wildman–Crippen LogP) is 5.82. The van der Waals surface area contributed by atoms with E-state index in [9.17, 15) is 8.78 Å². The predicted molar refractivity (Wildman–Crippen MR) is 133 cm³/mol. The molecule has 2 aromatic carbocycles. The SMILES string of the molecule is Cc1c(-c2cccc(N3CCOCC3)c2)cnc2c1N(C(C)c1c(F)ccc(F)c1Cl)CCN2. The fourth-order valence-electron chi connectivity index (χ4n) is 4.93. The Hall–Kier alpha value is -2.90. The van der Waals surface area contributed by atoms with Crippen molar-refractivity contribution < 1.29 is 13.5 Å². The summed E-state index contributed by atoms with van der Waals surface area (Å²) in [4.78, 5) is 9.08. The highest BCUT2D eigenvalue weighted by molar-refractivity contribution is 6.31. The Kier molecular flexibility index (Phi) is 6.32. The molecule has 1 atom stereocenters. The van der Waals surface area contributed by atoms with Gasteiger partial charge in [-0.1, -0.05) is 23.7 Å². The van der Waals surface area contributed by atoms with Crippen LogP contribution in [0.3, 0.4) is 0 Å². The average molecular weight is 485 g/mol. The van der Waals surface area contributed by atoms with Gasteiger partial charge in [-0.3, -0.25) is 0 Å². The number of halogens is 3. The fourth-order valence-corrected chi connectivity index (χ4v) is 5.24. The molecule has 1 aromatic heterocycles. The van der Waals surface area contributed by atoms with Crippen molar-refractivity contribution in [2.75, 3.05) is 54.5 Å². The highest BCUT2D eigenvalue weighted by atomic mass is 35.5. The molecule has 2 aliphatic rings. The van der Waals surface area contributed by atoms with Crippen molar-refractivity contribution in [3.8, 4) is 11.1 Å². The lowest BCUT2D eigenvalue weighted by molar-refractivity contribution is 0.122. The highest BCUT2D eigenvalue weighted by Gasteiger charge is 2.30. The summed E-state index contributed by atoms with van der Waals surface area (Å²) in [5.41, 5.74) is 5.28. The number of pyridine rings is 1. The van der Waals surface area contributed by atoms with Crippen LogP contribution in [0.5, 0.6) is 0 Å². The van der Waals surface area contributed by atoms with E-state index in [1.54, 1.807) is 0 Å². The molecule has 3 aromatic rings. The Bertz CT molecular complexity index is 1220. The van der Waals surface area contributed by atoms with Crippen molar-refractivity contribution in [2.24, 2.45) is 0 Å². The molecule has 0 saturated carbocycles. The molecule has 0 aliphatic carbocycles. The van der Waals surface area contributed by atoms with Crippen LogP contribution in [0.4, 0.5) is 26.0 Å². The first kappa shape index (κ1) is 22.9. The molecule has 0 radical (unpaired) electrons. The molecule has 2 aliphatic heterocycles. The van der Waals surface area contributed by atoms with Gasteiger partial charge in [0.05, 0.1) is 30.0 Å². The standard InChI is InChI=1S/C26H27ClF2N4O/c1-16-20(18-4-3-5-19(14-18)32-10-12-34-13-11-32)15-31-26-25(16)33(9-8-30-26)17(2)23-21(28)6-7-22(29)24(23)27/h3-7,14-15,17H,8-13H2,1-2H3,(H,30,31). The van der Waals surface area contributed by atoms with Gasteiger partial charge in [-0.2, -0.15) is 0 Å². The van der Waals surface area contributed by atoms with Gasteiger partial charge in [0.2, 0.25) is 0 Å². The normalized spacial score (nSPS) is 16.7. The third-order valence-electron chi connectivity index (χ3n) is 6.74. The highest BCUT2D eigenvalue weighted by Crippen LogP contribution is 2.42. The number of nitrogens with one attached hydrogen (secondary N) is 1. The molecule has 178 valence electrons. The number of morpholine rings is 1. The largest absolute Gasteiger partial charge is 0.378 e. The van der Waals surface area contributed by atoms with Crippen LogP contribution >= 0.6 is 11.6 Å². The maximum atomic E-state index is 14.8. The Labute approximate surface area is 203 Å². The van der Waals surface area contributed by atoms with Crippen molar-refractivity contribution in [3.05, 3.63) is 70.4 Å². The lowest BCUT2D eigenvalue weighted by atomic mass is 9.97. The molecule has 1 saturated heterocycles. The van der Waals surface area contributed by atoms with Gasteiger partial charge in [0.25, 0.3) is 0 Å². The molecular formula is C26H27ClF2N4O. The Morgan fingerprint density at radius 2 is 1.85 bits per heavy atom. The van der Waals surface area contributed by atoms with Crippen molar-refractivity contribution >= 4 is 28.8 Å². The van der Waals surface area contributed by atoms with Crippen molar-refractivity contribution in [3.63, 3.8) is 0 Å². The molecule has 1 unspecified atom stereocenters. The van der Waals surface area contributed by atoms with E-state index in [1.165, 1.54) is 0 Å². The molecule has 5 rings (SSSR count). The third kappa shape index (κ3) is 4.07. The number of nitrogens with zero attached hydrogens (tertiary/aromatic N) is 3. The zero-order valence-electron chi connectivity index (χ0n) is 19.2. The molecular weight excluding hydrogens is 458 g/mol. The molecule has 5 nitrogen and oxygen atoms in total. The molecule has 3 heterocycles. The number of rotatable bonds is 4. The molecule has 0 bridgehead atoms. The van der Waals surface area contributed by atoms with E-state index in [4.69, 9.17) is 21.3 Å². The lowest BCUT2D eigenvalue weighted by Gasteiger charge is -2.38. The summed E-state index contributed by atoms with van der Waals surface area (Å²) in [6.45, 7) is 8.32. The summed E-state index contributed by atoms with van der Waals surface area (Å²) in [5, 5.41) is 3.17. The van der Waals surface area contributed by atoms with E-state index in [0.29, 0.717) is 13.1 Å². The topological polar surface area (TPSA) is 40.6 Å². The van der Waals surface area contributed by atoms with Crippen molar-refractivity contribution in [1.29, 1.82) is 0 Å². The van der Waals surface area contributed by atoms with Crippen LogP contribution in [0.2, 0.25) is 5.02 Å². The number of ether oxygens (including phenoxy) is 1. The van der Waals surface area contributed by atoms with E-state index in [1.807, 2.05) is 20.0 Å². The van der Waals surface area contributed by atoms with Gasteiger partial charge in [0.1, 0.15) is 17.5 Å². The van der Waals surface area contributed by atoms with Gasteiger partial charge >= 0.3 is 0 Å². The third-order valence-corrected chi connectivity index (χ3v) is 7.12. The Balaban J connectivity index is 1.55. The zero-order chi connectivity index (χ0) is 23.8. The van der Waals surface area contributed by atoms with Crippen LogP contribution < -0.4 is 15.1 Å². The molecule has 1 fully saturated rings. The van der Waals surface area contributed by atoms with E-state index in [-0.39, 0.29) is 10.6 Å². The average Bonchev–Trinajstić information content (AvgIpc) is 2.87. The summed E-state index contributed by atoms with van der Waals surface area (Å²) < 4.78 is 34.4. The summed E-state index contributed by atoms with van der Waals surface area (Å²) in [6.07, 6.45) is 1.88. The van der Waals surface area contributed by atoms with Gasteiger partial charge < -0.3 is 19.9 Å². The number of hydrogen-bond acceptors (Lipinski definition) is 5. The summed E-state index contributed by atoms with van der Waals surface area (Å²) in [5.74, 6) is -0.403. The second-order valence-corrected chi connectivity index (χ2v) is 9.07. The number of anilines is 3. The summed E-state index contributed by atoms with van der Waals surface area (Å²) in [7, 11) is 0. The molecule has 0 spiro atoms.